The van der Waals surface area contributed by atoms with E-state index in [4.69, 9.17) is 0 Å². The molecule has 6 heteroatoms. The molecule has 3 aromatic rings. The highest BCUT2D eigenvalue weighted by molar-refractivity contribution is 6.36. The van der Waals surface area contributed by atoms with E-state index in [1.54, 1.807) is 0 Å². The number of hydrogen-bond donors (Lipinski definition) is 1. The second kappa shape index (κ2) is 8.75. The van der Waals surface area contributed by atoms with Crippen LogP contribution in [0.3, 0.4) is 0 Å². The Morgan fingerprint density at radius 1 is 0.781 bits per heavy atom. The number of amides is 2. The van der Waals surface area contributed by atoms with Crippen molar-refractivity contribution in [2.24, 2.45) is 0 Å². The van der Waals surface area contributed by atoms with Crippen LogP contribution in [0.4, 0.5) is 14.5 Å². The molecule has 0 aliphatic carbocycles. The number of nitrogens with one attached hydrogen (secondary N) is 1. The minimum absolute atomic E-state index is 0.000108. The van der Waals surface area contributed by atoms with E-state index in [0.717, 1.165) is 10.5 Å². The van der Waals surface area contributed by atoms with Crippen LogP contribution in [0.15, 0.2) is 78.5 Å². The first-order valence-electron chi connectivity index (χ1n) is 10.3. The van der Waals surface area contributed by atoms with E-state index in [2.05, 4.69) is 19.2 Å². The summed E-state index contributed by atoms with van der Waals surface area (Å²) in [5.41, 5.74) is 3.16. The molecule has 0 atom stereocenters. The molecule has 0 saturated carbocycles. The molecular weight excluding hydrogens is 410 g/mol. The number of benzene rings is 3. The zero-order valence-electron chi connectivity index (χ0n) is 17.7. The monoisotopic (exact) mass is 432 g/mol. The van der Waals surface area contributed by atoms with Crippen LogP contribution in [0, 0.1) is 11.6 Å². The molecule has 0 aromatic heterocycles. The van der Waals surface area contributed by atoms with Gasteiger partial charge in [-0.25, -0.2) is 8.78 Å². The number of carbonyl (C=O) groups is 2. The van der Waals surface area contributed by atoms with Crippen LogP contribution in [-0.4, -0.2) is 16.7 Å². The van der Waals surface area contributed by atoms with Gasteiger partial charge in [0.25, 0.3) is 11.8 Å². The molecule has 0 fully saturated rings. The average molecular weight is 432 g/mol. The molecule has 162 valence electrons. The summed E-state index contributed by atoms with van der Waals surface area (Å²) in [6.07, 6.45) is 0. The van der Waals surface area contributed by atoms with Gasteiger partial charge in [-0.05, 0) is 59.0 Å². The molecule has 3 aromatic carbocycles. The Balaban J connectivity index is 1.70. The van der Waals surface area contributed by atoms with Crippen molar-refractivity contribution >= 4 is 23.1 Å². The number of halogens is 2. The van der Waals surface area contributed by atoms with Crippen LogP contribution in [0.25, 0.3) is 5.57 Å². The first-order chi connectivity index (χ1) is 15.3. The molecule has 32 heavy (non-hydrogen) atoms. The van der Waals surface area contributed by atoms with E-state index < -0.39 is 23.4 Å². The third-order valence-corrected chi connectivity index (χ3v) is 5.40. The summed E-state index contributed by atoms with van der Waals surface area (Å²) in [6, 6.07) is 18.7. The fourth-order valence-electron chi connectivity index (χ4n) is 3.59. The van der Waals surface area contributed by atoms with Crippen molar-refractivity contribution in [3.05, 3.63) is 107 Å². The molecule has 0 spiro atoms. The highest BCUT2D eigenvalue weighted by Crippen LogP contribution is 2.32. The minimum atomic E-state index is -0.494. The van der Waals surface area contributed by atoms with E-state index in [1.165, 1.54) is 48.5 Å². The fraction of sp³-hybridized carbons (Fsp3) is 0.154. The van der Waals surface area contributed by atoms with Gasteiger partial charge < -0.3 is 5.32 Å². The van der Waals surface area contributed by atoms with Crippen LogP contribution < -0.4 is 5.32 Å². The molecule has 0 radical (unpaired) electrons. The van der Waals surface area contributed by atoms with Crippen molar-refractivity contribution < 1.29 is 18.4 Å². The molecule has 0 unspecified atom stereocenters. The highest BCUT2D eigenvalue weighted by Gasteiger charge is 2.39. The molecule has 0 bridgehead atoms. The lowest BCUT2D eigenvalue weighted by atomic mass is 10.0. The van der Waals surface area contributed by atoms with Gasteiger partial charge in [-0.15, -0.1) is 0 Å². The lowest BCUT2D eigenvalue weighted by Gasteiger charge is -2.15. The van der Waals surface area contributed by atoms with Crippen LogP contribution in [0.2, 0.25) is 0 Å². The van der Waals surface area contributed by atoms with Crippen molar-refractivity contribution in [3.8, 4) is 0 Å². The molecule has 4 nitrogen and oxygen atoms in total. The molecule has 0 saturated heterocycles. The van der Waals surface area contributed by atoms with Gasteiger partial charge in [-0.2, -0.15) is 0 Å². The Hall–Kier alpha value is -3.80. The van der Waals surface area contributed by atoms with Crippen LogP contribution in [0.1, 0.15) is 36.5 Å². The molecule has 1 N–H and O–H groups in total. The number of hydrogen-bond acceptors (Lipinski definition) is 3. The van der Waals surface area contributed by atoms with E-state index in [0.29, 0.717) is 22.7 Å². The summed E-state index contributed by atoms with van der Waals surface area (Å²) in [6.45, 7) is 4.17. The van der Waals surface area contributed by atoms with E-state index in [-0.39, 0.29) is 17.8 Å². The number of rotatable bonds is 6. The first kappa shape index (κ1) is 21.4. The van der Waals surface area contributed by atoms with Crippen molar-refractivity contribution in [1.82, 2.24) is 4.90 Å². The summed E-state index contributed by atoms with van der Waals surface area (Å²) < 4.78 is 26.7. The van der Waals surface area contributed by atoms with Gasteiger partial charge in [0.1, 0.15) is 17.3 Å². The standard InChI is InChI=1S/C26H22F2N2O2/c1-16(2)18-7-13-22(14-8-18)29-24-23(19-5-11-21(28)12-6-19)25(31)30(26(24)32)15-17-3-9-20(27)10-4-17/h3-14,16,29H,15H2,1-2H3. The number of imide groups is 1. The predicted octanol–water partition coefficient (Wildman–Crippen LogP) is 5.48. The quantitative estimate of drug-likeness (QED) is 0.525. The Kier molecular flexibility index (Phi) is 5.86. The second-order valence-electron chi connectivity index (χ2n) is 7.98. The van der Waals surface area contributed by atoms with Crippen LogP contribution in [-0.2, 0) is 16.1 Å². The maximum absolute atomic E-state index is 13.5. The van der Waals surface area contributed by atoms with Gasteiger partial charge >= 0.3 is 0 Å². The Morgan fingerprint density at radius 3 is 1.91 bits per heavy atom. The third-order valence-electron chi connectivity index (χ3n) is 5.40. The van der Waals surface area contributed by atoms with Crippen molar-refractivity contribution in [2.75, 3.05) is 5.32 Å². The number of nitrogens with zero attached hydrogens (tertiary/aromatic N) is 1. The summed E-state index contributed by atoms with van der Waals surface area (Å²) in [4.78, 5) is 27.6. The second-order valence-corrected chi connectivity index (χ2v) is 7.98. The van der Waals surface area contributed by atoms with Gasteiger partial charge in [0.2, 0.25) is 0 Å². The molecule has 1 aliphatic heterocycles. The molecular formula is C26H22F2N2O2. The smallest absolute Gasteiger partial charge is 0.278 e. The summed E-state index contributed by atoms with van der Waals surface area (Å²) >= 11 is 0. The largest absolute Gasteiger partial charge is 0.350 e. The highest BCUT2D eigenvalue weighted by atomic mass is 19.1. The molecule has 1 heterocycles. The van der Waals surface area contributed by atoms with E-state index in [9.17, 15) is 18.4 Å². The van der Waals surface area contributed by atoms with Crippen LogP contribution >= 0.6 is 0 Å². The predicted molar refractivity (Wildman–Crippen MR) is 119 cm³/mol. The normalized spacial score (nSPS) is 14.0. The summed E-state index contributed by atoms with van der Waals surface area (Å²) in [5.74, 6) is -1.46. The summed E-state index contributed by atoms with van der Waals surface area (Å²) in [7, 11) is 0. The molecule has 2 amide bonds. The van der Waals surface area contributed by atoms with Crippen LogP contribution in [0.5, 0.6) is 0 Å². The maximum Gasteiger partial charge on any atom is 0.278 e. The SMILES string of the molecule is CC(C)c1ccc(NC2=C(c3ccc(F)cc3)C(=O)N(Cc3ccc(F)cc3)C2=O)cc1. The zero-order valence-corrected chi connectivity index (χ0v) is 17.7. The lowest BCUT2D eigenvalue weighted by Crippen LogP contribution is -2.32. The number of anilines is 1. The van der Waals surface area contributed by atoms with Gasteiger partial charge in [0.15, 0.2) is 0 Å². The number of carbonyl (C=O) groups excluding carboxylic acids is 2. The topological polar surface area (TPSA) is 49.4 Å². The first-order valence-corrected chi connectivity index (χ1v) is 10.3. The lowest BCUT2D eigenvalue weighted by molar-refractivity contribution is -0.137. The van der Waals surface area contributed by atoms with Crippen molar-refractivity contribution in [2.45, 2.75) is 26.3 Å². The Labute approximate surface area is 185 Å². The third kappa shape index (κ3) is 4.30. The van der Waals surface area contributed by atoms with E-state index in [1.807, 2.05) is 24.3 Å². The van der Waals surface area contributed by atoms with Crippen molar-refractivity contribution in [1.29, 1.82) is 0 Å². The summed E-state index contributed by atoms with van der Waals surface area (Å²) in [5, 5.41) is 3.09. The Bertz CT molecular complexity index is 1180. The maximum atomic E-state index is 13.5. The van der Waals surface area contributed by atoms with E-state index >= 15 is 0 Å². The zero-order chi connectivity index (χ0) is 22.8. The van der Waals surface area contributed by atoms with Gasteiger partial charge in [0, 0.05) is 5.69 Å². The molecule has 4 rings (SSSR count). The minimum Gasteiger partial charge on any atom is -0.350 e. The fourth-order valence-corrected chi connectivity index (χ4v) is 3.59. The van der Waals surface area contributed by atoms with Gasteiger partial charge in [-0.1, -0.05) is 50.2 Å². The van der Waals surface area contributed by atoms with Crippen molar-refractivity contribution in [3.63, 3.8) is 0 Å². The van der Waals surface area contributed by atoms with Gasteiger partial charge in [-0.3, -0.25) is 14.5 Å². The Morgan fingerprint density at radius 2 is 1.34 bits per heavy atom. The average Bonchev–Trinajstić information content (AvgIpc) is 3.00. The van der Waals surface area contributed by atoms with Gasteiger partial charge in [0.05, 0.1) is 12.1 Å². The molecule has 1 aliphatic rings.